The number of carbonyl (C=O) groups excluding carboxylic acids is 2. The van der Waals surface area contributed by atoms with E-state index in [1.165, 1.54) is 0 Å². The molecule has 0 saturated carbocycles. The Hall–Kier alpha value is -3.80. The minimum Gasteiger partial charge on any atom is -0.489 e. The molecule has 0 aliphatic heterocycles. The number of rotatable bonds is 11. The van der Waals surface area contributed by atoms with Crippen molar-refractivity contribution in [3.8, 4) is 16.9 Å². The van der Waals surface area contributed by atoms with Gasteiger partial charge >= 0.3 is 12.1 Å². The Morgan fingerprint density at radius 1 is 0.756 bits per heavy atom. The molecule has 41 heavy (non-hydrogen) atoms. The van der Waals surface area contributed by atoms with Crippen LogP contribution in [-0.2, 0) is 27.3 Å². The molecule has 0 N–H and O–H groups in total. The van der Waals surface area contributed by atoms with Crippen LogP contribution < -0.4 is 4.74 Å². The number of hydrogen-bond donors (Lipinski definition) is 0. The molecule has 0 saturated heterocycles. The third-order valence-electron chi connectivity index (χ3n) is 6.31. The lowest BCUT2D eigenvalue weighted by molar-refractivity contribution is -0.160. The highest BCUT2D eigenvalue weighted by Crippen LogP contribution is 2.25. The fourth-order valence-electron chi connectivity index (χ4n) is 4.39. The van der Waals surface area contributed by atoms with E-state index in [2.05, 4.69) is 24.3 Å². The zero-order chi connectivity index (χ0) is 30.0. The van der Waals surface area contributed by atoms with E-state index in [-0.39, 0.29) is 18.0 Å². The Bertz CT molecular complexity index is 1270. The summed E-state index contributed by atoms with van der Waals surface area (Å²) in [7, 11) is 1.72. The van der Waals surface area contributed by atoms with E-state index in [0.29, 0.717) is 32.4 Å². The summed E-state index contributed by atoms with van der Waals surface area (Å²) in [6.07, 6.45) is 1.42. The van der Waals surface area contributed by atoms with E-state index in [9.17, 15) is 9.59 Å². The number of amides is 1. The Morgan fingerprint density at radius 2 is 1.39 bits per heavy atom. The first-order chi connectivity index (χ1) is 19.3. The molecule has 6 nitrogen and oxygen atoms in total. The molecule has 1 unspecified atom stereocenters. The second kappa shape index (κ2) is 14.2. The topological polar surface area (TPSA) is 65.1 Å². The second-order valence-electron chi connectivity index (χ2n) is 12.5. The van der Waals surface area contributed by atoms with Gasteiger partial charge in [0.1, 0.15) is 23.6 Å². The van der Waals surface area contributed by atoms with Crippen molar-refractivity contribution in [2.75, 3.05) is 13.6 Å². The van der Waals surface area contributed by atoms with Crippen molar-refractivity contribution in [2.24, 2.45) is 5.92 Å². The van der Waals surface area contributed by atoms with E-state index >= 15 is 0 Å². The number of carbonyl (C=O) groups is 2. The third-order valence-corrected chi connectivity index (χ3v) is 6.31. The Balaban J connectivity index is 1.64. The summed E-state index contributed by atoms with van der Waals surface area (Å²) in [5.41, 5.74) is 3.19. The molecule has 3 aromatic rings. The summed E-state index contributed by atoms with van der Waals surface area (Å²) in [6, 6.07) is 26.5. The lowest BCUT2D eigenvalue weighted by Gasteiger charge is -2.26. The average molecular weight is 560 g/mol. The number of benzene rings is 3. The number of hydrogen-bond acceptors (Lipinski definition) is 5. The minimum atomic E-state index is -0.577. The van der Waals surface area contributed by atoms with Crippen LogP contribution in [-0.4, -0.2) is 41.8 Å². The summed E-state index contributed by atoms with van der Waals surface area (Å²) >= 11 is 0. The lowest BCUT2D eigenvalue weighted by atomic mass is 9.93. The van der Waals surface area contributed by atoms with E-state index in [1.54, 1.807) is 11.9 Å². The first kappa shape index (κ1) is 31.7. The standard InChI is InChI=1S/C35H45NO5/c1-34(2,3)40-32(37)30(19-13-21-36(7)33(38)41-35(4,5)6)23-26-14-11-15-27(22-26)25-39-31-20-12-18-29(24-31)28-16-9-8-10-17-28/h8-12,14-18,20,22,24,30H,13,19,21,23,25H2,1-7H3. The van der Waals surface area contributed by atoms with Crippen molar-refractivity contribution < 1.29 is 23.8 Å². The minimum absolute atomic E-state index is 0.225. The molecular formula is C35H45NO5. The monoisotopic (exact) mass is 559 g/mol. The number of esters is 1. The van der Waals surface area contributed by atoms with Crippen molar-refractivity contribution in [3.05, 3.63) is 90.0 Å². The van der Waals surface area contributed by atoms with Crippen LogP contribution in [0.1, 0.15) is 65.5 Å². The summed E-state index contributed by atoms with van der Waals surface area (Å²) in [5, 5.41) is 0. The molecule has 1 amide bonds. The lowest BCUT2D eigenvalue weighted by Crippen LogP contribution is -2.35. The van der Waals surface area contributed by atoms with Crippen LogP contribution in [0, 0.1) is 5.92 Å². The molecular weight excluding hydrogens is 514 g/mol. The van der Waals surface area contributed by atoms with Crippen molar-refractivity contribution in [1.29, 1.82) is 0 Å². The molecule has 0 aromatic heterocycles. The van der Waals surface area contributed by atoms with Gasteiger partial charge in [-0.15, -0.1) is 0 Å². The molecule has 0 aliphatic carbocycles. The van der Waals surface area contributed by atoms with Gasteiger partial charge in [0.05, 0.1) is 5.92 Å². The van der Waals surface area contributed by atoms with Gasteiger partial charge in [-0.05, 0) is 95.2 Å². The Kier molecular flexibility index (Phi) is 11.0. The molecule has 3 rings (SSSR count). The average Bonchev–Trinajstić information content (AvgIpc) is 2.90. The summed E-state index contributed by atoms with van der Waals surface area (Å²) < 4.78 is 17.3. The van der Waals surface area contributed by atoms with Crippen LogP contribution >= 0.6 is 0 Å². The van der Waals surface area contributed by atoms with Crippen LogP contribution in [0.4, 0.5) is 4.79 Å². The molecule has 3 aromatic carbocycles. The van der Waals surface area contributed by atoms with E-state index < -0.39 is 11.2 Å². The zero-order valence-electron chi connectivity index (χ0n) is 25.6. The first-order valence-corrected chi connectivity index (χ1v) is 14.3. The van der Waals surface area contributed by atoms with E-state index in [1.807, 2.05) is 96.1 Å². The van der Waals surface area contributed by atoms with Crippen LogP contribution in [0.3, 0.4) is 0 Å². The smallest absolute Gasteiger partial charge is 0.410 e. The third kappa shape index (κ3) is 11.3. The van der Waals surface area contributed by atoms with Gasteiger partial charge in [0.25, 0.3) is 0 Å². The van der Waals surface area contributed by atoms with Gasteiger partial charge in [-0.3, -0.25) is 4.79 Å². The summed E-state index contributed by atoms with van der Waals surface area (Å²) in [4.78, 5) is 27.1. The predicted octanol–water partition coefficient (Wildman–Crippen LogP) is 8.08. The van der Waals surface area contributed by atoms with Gasteiger partial charge in [0.15, 0.2) is 0 Å². The Morgan fingerprint density at radius 3 is 2.07 bits per heavy atom. The van der Waals surface area contributed by atoms with Gasteiger partial charge in [-0.25, -0.2) is 4.79 Å². The summed E-state index contributed by atoms with van der Waals surface area (Å²) in [5.74, 6) is 0.245. The maximum absolute atomic E-state index is 13.2. The molecule has 0 spiro atoms. The van der Waals surface area contributed by atoms with Gasteiger partial charge in [-0.1, -0.05) is 66.7 Å². The molecule has 220 valence electrons. The van der Waals surface area contributed by atoms with Crippen LogP contribution in [0.5, 0.6) is 5.75 Å². The van der Waals surface area contributed by atoms with Crippen LogP contribution in [0.15, 0.2) is 78.9 Å². The maximum atomic E-state index is 13.2. The first-order valence-electron chi connectivity index (χ1n) is 14.3. The van der Waals surface area contributed by atoms with Crippen LogP contribution in [0.25, 0.3) is 11.1 Å². The SMILES string of the molecule is CN(CCCC(Cc1cccc(COc2cccc(-c3ccccc3)c2)c1)C(=O)OC(C)(C)C)C(=O)OC(C)(C)C. The largest absolute Gasteiger partial charge is 0.489 e. The van der Waals surface area contributed by atoms with Crippen LogP contribution in [0.2, 0.25) is 0 Å². The fourth-order valence-corrected chi connectivity index (χ4v) is 4.39. The number of nitrogens with zero attached hydrogens (tertiary/aromatic N) is 1. The Labute approximate surface area is 245 Å². The van der Waals surface area contributed by atoms with Crippen molar-refractivity contribution in [1.82, 2.24) is 4.90 Å². The molecule has 0 fully saturated rings. The zero-order valence-corrected chi connectivity index (χ0v) is 25.6. The van der Waals surface area contributed by atoms with Gasteiger partial charge < -0.3 is 19.1 Å². The molecule has 0 aliphatic rings. The van der Waals surface area contributed by atoms with Gasteiger partial charge in [0, 0.05) is 13.6 Å². The molecule has 6 heteroatoms. The van der Waals surface area contributed by atoms with Crippen molar-refractivity contribution >= 4 is 12.1 Å². The van der Waals surface area contributed by atoms with Crippen molar-refractivity contribution in [3.63, 3.8) is 0 Å². The maximum Gasteiger partial charge on any atom is 0.410 e. The van der Waals surface area contributed by atoms with Gasteiger partial charge in [0.2, 0.25) is 0 Å². The predicted molar refractivity (Wildman–Crippen MR) is 164 cm³/mol. The number of ether oxygens (including phenoxy) is 3. The normalized spacial score (nSPS) is 12.4. The highest BCUT2D eigenvalue weighted by atomic mass is 16.6. The van der Waals surface area contributed by atoms with E-state index in [0.717, 1.165) is 28.0 Å². The molecule has 1 atom stereocenters. The molecule has 0 bridgehead atoms. The molecule has 0 radical (unpaired) electrons. The highest BCUT2D eigenvalue weighted by Gasteiger charge is 2.26. The highest BCUT2D eigenvalue weighted by molar-refractivity contribution is 5.73. The van der Waals surface area contributed by atoms with Gasteiger partial charge in [-0.2, -0.15) is 0 Å². The van der Waals surface area contributed by atoms with Crippen molar-refractivity contribution in [2.45, 2.75) is 78.6 Å². The fraction of sp³-hybridized carbons (Fsp3) is 0.429. The quantitative estimate of drug-likeness (QED) is 0.222. The van der Waals surface area contributed by atoms with E-state index in [4.69, 9.17) is 14.2 Å². The molecule has 0 heterocycles. The second-order valence-corrected chi connectivity index (χ2v) is 12.5. The summed E-state index contributed by atoms with van der Waals surface area (Å²) in [6.45, 7) is 12.1.